The first-order valence-corrected chi connectivity index (χ1v) is 7.06. The van der Waals surface area contributed by atoms with Gasteiger partial charge < -0.3 is 4.74 Å². The average molecular weight is 297 g/mol. The Labute approximate surface area is 127 Å². The van der Waals surface area contributed by atoms with Gasteiger partial charge in [0.15, 0.2) is 0 Å². The molecule has 22 heavy (non-hydrogen) atoms. The average Bonchev–Trinajstić information content (AvgIpc) is 3.29. The van der Waals surface area contributed by atoms with Crippen molar-refractivity contribution >= 4 is 11.7 Å². The monoisotopic (exact) mass is 297 g/mol. The molecule has 0 heterocycles. The zero-order valence-corrected chi connectivity index (χ0v) is 12.1. The molecule has 5 heteroatoms. The van der Waals surface area contributed by atoms with Crippen LogP contribution in [0.3, 0.4) is 0 Å². The molecule has 2 aromatic carbocycles. The Morgan fingerprint density at radius 1 is 1.18 bits per heavy atom. The van der Waals surface area contributed by atoms with Crippen molar-refractivity contribution in [1.82, 2.24) is 0 Å². The van der Waals surface area contributed by atoms with Gasteiger partial charge in [-0.05, 0) is 37.5 Å². The van der Waals surface area contributed by atoms with Crippen LogP contribution in [0.5, 0.6) is 5.75 Å². The number of nitrogens with zero attached hydrogens (tertiary/aromatic N) is 1. The number of benzene rings is 2. The highest BCUT2D eigenvalue weighted by Gasteiger charge is 2.52. The second kappa shape index (κ2) is 5.26. The fraction of sp³-hybridized carbons (Fsp3) is 0.235. The number of ether oxygens (including phenoxy) is 1. The van der Waals surface area contributed by atoms with Crippen molar-refractivity contribution in [3.05, 3.63) is 69.8 Å². The van der Waals surface area contributed by atoms with Crippen molar-refractivity contribution in [3.8, 4) is 5.75 Å². The van der Waals surface area contributed by atoms with Gasteiger partial charge in [-0.2, -0.15) is 0 Å². The predicted molar refractivity (Wildman–Crippen MR) is 80.8 cm³/mol. The quantitative estimate of drug-likeness (QED) is 0.374. The van der Waals surface area contributed by atoms with E-state index in [0.29, 0.717) is 11.3 Å². The Bertz CT molecular complexity index is 736. The molecule has 2 aromatic rings. The highest BCUT2D eigenvalue weighted by Crippen LogP contribution is 2.49. The van der Waals surface area contributed by atoms with Crippen LogP contribution in [0.15, 0.2) is 48.5 Å². The van der Waals surface area contributed by atoms with E-state index in [0.717, 1.165) is 18.4 Å². The number of carbonyl (C=O) groups is 1. The minimum Gasteiger partial charge on any atom is -0.426 e. The van der Waals surface area contributed by atoms with E-state index in [9.17, 15) is 14.9 Å². The lowest BCUT2D eigenvalue weighted by atomic mass is 9.96. The minimum absolute atomic E-state index is 0.0176. The smallest absolute Gasteiger partial charge is 0.321 e. The molecule has 0 amide bonds. The number of nitro groups is 1. The van der Waals surface area contributed by atoms with Crippen LogP contribution in [0.4, 0.5) is 5.69 Å². The second-order valence-corrected chi connectivity index (χ2v) is 5.54. The van der Waals surface area contributed by atoms with Crippen LogP contribution in [-0.4, -0.2) is 10.9 Å². The third-order valence-electron chi connectivity index (χ3n) is 4.04. The third-order valence-corrected chi connectivity index (χ3v) is 4.04. The molecule has 0 radical (unpaired) electrons. The van der Waals surface area contributed by atoms with E-state index in [-0.39, 0.29) is 11.7 Å². The summed E-state index contributed by atoms with van der Waals surface area (Å²) in [4.78, 5) is 22.8. The van der Waals surface area contributed by atoms with Crippen molar-refractivity contribution < 1.29 is 14.5 Å². The Kier molecular flexibility index (Phi) is 3.41. The van der Waals surface area contributed by atoms with E-state index < -0.39 is 10.3 Å². The van der Waals surface area contributed by atoms with Gasteiger partial charge in [-0.1, -0.05) is 30.3 Å². The molecule has 0 aromatic heterocycles. The zero-order valence-electron chi connectivity index (χ0n) is 12.1. The van der Waals surface area contributed by atoms with Crippen molar-refractivity contribution in [1.29, 1.82) is 0 Å². The van der Waals surface area contributed by atoms with Crippen LogP contribution in [-0.2, 0) is 10.2 Å². The summed E-state index contributed by atoms with van der Waals surface area (Å²) >= 11 is 0. The van der Waals surface area contributed by atoms with E-state index in [1.807, 2.05) is 30.3 Å². The summed E-state index contributed by atoms with van der Waals surface area (Å²) < 4.78 is 5.45. The lowest BCUT2D eigenvalue weighted by molar-refractivity contribution is -0.385. The van der Waals surface area contributed by atoms with Gasteiger partial charge >= 0.3 is 5.97 Å². The second-order valence-electron chi connectivity index (χ2n) is 5.54. The molecule has 1 fully saturated rings. The van der Waals surface area contributed by atoms with Gasteiger partial charge in [0.25, 0.3) is 5.69 Å². The van der Waals surface area contributed by atoms with E-state index in [1.165, 1.54) is 18.2 Å². The molecular formula is C17H15NO4. The van der Waals surface area contributed by atoms with E-state index in [4.69, 9.17) is 4.74 Å². The molecule has 0 atom stereocenters. The lowest BCUT2D eigenvalue weighted by Crippen LogP contribution is -2.25. The van der Waals surface area contributed by atoms with Crippen molar-refractivity contribution in [2.24, 2.45) is 0 Å². The standard InChI is InChI=1S/C17H15NO4/c1-12-11-14(7-8-15(12)18(20)21)22-16(19)17(9-10-17)13-5-3-2-4-6-13/h2-8,11H,9-10H2,1H3. The molecular weight excluding hydrogens is 282 g/mol. The van der Waals surface area contributed by atoms with Gasteiger partial charge in [-0.3, -0.25) is 14.9 Å². The molecule has 0 bridgehead atoms. The van der Waals surface area contributed by atoms with Crippen LogP contribution >= 0.6 is 0 Å². The summed E-state index contributed by atoms with van der Waals surface area (Å²) in [7, 11) is 0. The van der Waals surface area contributed by atoms with Gasteiger partial charge in [0.05, 0.1) is 10.3 Å². The molecule has 1 aliphatic carbocycles. The van der Waals surface area contributed by atoms with E-state index >= 15 is 0 Å². The first kappa shape index (κ1) is 14.3. The normalized spacial score (nSPS) is 15.1. The summed E-state index contributed by atoms with van der Waals surface area (Å²) in [6.07, 6.45) is 1.53. The molecule has 0 saturated heterocycles. The molecule has 0 spiro atoms. The maximum Gasteiger partial charge on any atom is 0.321 e. The number of hydrogen-bond donors (Lipinski definition) is 0. The Morgan fingerprint density at radius 3 is 2.41 bits per heavy atom. The topological polar surface area (TPSA) is 69.4 Å². The summed E-state index contributed by atoms with van der Waals surface area (Å²) in [5.74, 6) is 0.0438. The van der Waals surface area contributed by atoms with Crippen molar-refractivity contribution in [2.45, 2.75) is 25.2 Å². The van der Waals surface area contributed by atoms with Crippen LogP contribution in [0.2, 0.25) is 0 Å². The molecule has 5 nitrogen and oxygen atoms in total. The van der Waals surface area contributed by atoms with Crippen molar-refractivity contribution in [2.75, 3.05) is 0 Å². The molecule has 0 unspecified atom stereocenters. The number of esters is 1. The summed E-state index contributed by atoms with van der Waals surface area (Å²) in [6, 6.07) is 13.9. The maximum absolute atomic E-state index is 12.5. The SMILES string of the molecule is Cc1cc(OC(=O)C2(c3ccccc3)CC2)ccc1[N+](=O)[O-]. The minimum atomic E-state index is -0.559. The van der Waals surface area contributed by atoms with E-state index in [2.05, 4.69) is 0 Å². The molecule has 0 N–H and O–H groups in total. The number of carbonyl (C=O) groups excluding carboxylic acids is 1. The van der Waals surface area contributed by atoms with Crippen molar-refractivity contribution in [3.63, 3.8) is 0 Å². The van der Waals surface area contributed by atoms with Gasteiger partial charge in [-0.25, -0.2) is 0 Å². The Balaban J connectivity index is 1.81. The number of rotatable bonds is 4. The van der Waals surface area contributed by atoms with Gasteiger partial charge in [0, 0.05) is 11.6 Å². The van der Waals surface area contributed by atoms with Crippen LogP contribution < -0.4 is 4.74 Å². The van der Waals surface area contributed by atoms with Crippen LogP contribution in [0.1, 0.15) is 24.0 Å². The highest BCUT2D eigenvalue weighted by molar-refractivity contribution is 5.88. The van der Waals surface area contributed by atoms with Crippen LogP contribution in [0, 0.1) is 17.0 Å². The number of aryl methyl sites for hydroxylation is 1. The number of hydrogen-bond acceptors (Lipinski definition) is 4. The summed E-state index contributed by atoms with van der Waals surface area (Å²) in [5.41, 5.74) is 0.888. The molecule has 0 aliphatic heterocycles. The van der Waals surface area contributed by atoms with E-state index in [1.54, 1.807) is 6.92 Å². The van der Waals surface area contributed by atoms with Gasteiger partial charge in [0.1, 0.15) is 5.75 Å². The zero-order chi connectivity index (χ0) is 15.7. The first-order chi connectivity index (χ1) is 10.5. The summed E-state index contributed by atoms with van der Waals surface area (Å²) in [5, 5.41) is 10.8. The Morgan fingerprint density at radius 2 is 1.86 bits per heavy atom. The lowest BCUT2D eigenvalue weighted by Gasteiger charge is -2.14. The highest BCUT2D eigenvalue weighted by atomic mass is 16.6. The molecule has 3 rings (SSSR count). The summed E-state index contributed by atoms with van der Waals surface area (Å²) in [6.45, 7) is 1.62. The number of nitro benzene ring substituents is 1. The van der Waals surface area contributed by atoms with Gasteiger partial charge in [0.2, 0.25) is 0 Å². The molecule has 1 saturated carbocycles. The largest absolute Gasteiger partial charge is 0.426 e. The predicted octanol–water partition coefficient (Wildman–Crippen LogP) is 3.54. The maximum atomic E-state index is 12.5. The third kappa shape index (κ3) is 2.45. The molecule has 112 valence electrons. The first-order valence-electron chi connectivity index (χ1n) is 7.06. The molecule has 1 aliphatic rings. The van der Waals surface area contributed by atoms with Crippen LogP contribution in [0.25, 0.3) is 0 Å². The fourth-order valence-corrected chi connectivity index (χ4v) is 2.59. The fourth-order valence-electron chi connectivity index (χ4n) is 2.59. The van der Waals surface area contributed by atoms with Gasteiger partial charge in [-0.15, -0.1) is 0 Å². The Hall–Kier alpha value is -2.69.